The van der Waals surface area contributed by atoms with Crippen molar-refractivity contribution < 1.29 is 4.74 Å². The minimum absolute atomic E-state index is 0.366. The number of fused-ring (bicyclic) bond motifs is 1. The second-order valence-corrected chi connectivity index (χ2v) is 6.65. The van der Waals surface area contributed by atoms with Gasteiger partial charge in [0.05, 0.1) is 13.2 Å². The Balaban J connectivity index is 1.97. The summed E-state index contributed by atoms with van der Waals surface area (Å²) in [6.07, 6.45) is 2.11. The van der Waals surface area contributed by atoms with Crippen molar-refractivity contribution in [2.45, 2.75) is 26.3 Å². The third-order valence-electron chi connectivity index (χ3n) is 4.41. The van der Waals surface area contributed by atoms with Crippen LogP contribution < -0.4 is 16.0 Å². The molecule has 0 radical (unpaired) electrons. The predicted molar refractivity (Wildman–Crippen MR) is 104 cm³/mol. The molecule has 0 fully saturated rings. The molecule has 7 nitrogen and oxygen atoms in total. The van der Waals surface area contributed by atoms with E-state index in [1.54, 1.807) is 11.6 Å². The fraction of sp³-hybridized carbons (Fsp3) is 0.389. The van der Waals surface area contributed by atoms with Crippen LogP contribution in [0.15, 0.2) is 33.9 Å². The van der Waals surface area contributed by atoms with Gasteiger partial charge < -0.3 is 14.3 Å². The van der Waals surface area contributed by atoms with Crippen LogP contribution in [0.3, 0.4) is 0 Å². The molecule has 0 aliphatic rings. The topological polar surface area (TPSA) is 73.9 Å². The molecule has 0 saturated carbocycles. The fourth-order valence-electron chi connectivity index (χ4n) is 2.84. The SMILES string of the molecule is CCCCOc1ccc(Cn2c(=S)[nH]c3c2c(=O)n(C)c(=O)n3C)cc1. The van der Waals surface area contributed by atoms with Crippen LogP contribution in [0, 0.1) is 4.77 Å². The highest BCUT2D eigenvalue weighted by Crippen LogP contribution is 2.16. The quantitative estimate of drug-likeness (QED) is 0.531. The van der Waals surface area contributed by atoms with Gasteiger partial charge >= 0.3 is 5.69 Å². The summed E-state index contributed by atoms with van der Waals surface area (Å²) >= 11 is 5.37. The molecule has 0 atom stereocenters. The molecule has 0 aliphatic heterocycles. The van der Waals surface area contributed by atoms with Gasteiger partial charge in [-0.05, 0) is 36.3 Å². The number of unbranched alkanes of at least 4 members (excludes halogenated alkanes) is 1. The van der Waals surface area contributed by atoms with Gasteiger partial charge in [-0.3, -0.25) is 13.9 Å². The molecular weight excluding hydrogens is 352 g/mol. The normalized spacial score (nSPS) is 11.2. The van der Waals surface area contributed by atoms with Crippen LogP contribution in [0.25, 0.3) is 11.2 Å². The second-order valence-electron chi connectivity index (χ2n) is 6.27. The van der Waals surface area contributed by atoms with Gasteiger partial charge in [0.25, 0.3) is 5.56 Å². The lowest BCUT2D eigenvalue weighted by molar-refractivity contribution is 0.309. The first kappa shape index (κ1) is 18.2. The van der Waals surface area contributed by atoms with E-state index >= 15 is 0 Å². The summed E-state index contributed by atoms with van der Waals surface area (Å²) in [4.78, 5) is 27.6. The number of nitrogens with zero attached hydrogens (tertiary/aromatic N) is 3. The van der Waals surface area contributed by atoms with Crippen molar-refractivity contribution in [3.63, 3.8) is 0 Å². The van der Waals surface area contributed by atoms with Crippen LogP contribution in [0.1, 0.15) is 25.3 Å². The smallest absolute Gasteiger partial charge is 0.332 e. The zero-order valence-electron chi connectivity index (χ0n) is 15.1. The highest BCUT2D eigenvalue weighted by molar-refractivity contribution is 7.71. The van der Waals surface area contributed by atoms with Crippen molar-refractivity contribution in [1.82, 2.24) is 18.7 Å². The summed E-state index contributed by atoms with van der Waals surface area (Å²) in [6.45, 7) is 3.26. The van der Waals surface area contributed by atoms with Crippen LogP contribution in [0.2, 0.25) is 0 Å². The lowest BCUT2D eigenvalue weighted by Crippen LogP contribution is -2.37. The Labute approximate surface area is 155 Å². The highest BCUT2D eigenvalue weighted by Gasteiger charge is 2.15. The van der Waals surface area contributed by atoms with Crippen LogP contribution in [0.5, 0.6) is 5.75 Å². The molecule has 0 spiro atoms. The Kier molecular flexibility index (Phi) is 5.13. The number of rotatable bonds is 6. The van der Waals surface area contributed by atoms with Crippen molar-refractivity contribution >= 4 is 23.4 Å². The van der Waals surface area contributed by atoms with Gasteiger partial charge in [-0.2, -0.15) is 0 Å². The minimum atomic E-state index is -0.389. The molecule has 8 heteroatoms. The maximum absolute atomic E-state index is 12.6. The van der Waals surface area contributed by atoms with Gasteiger partial charge in [-0.15, -0.1) is 0 Å². The van der Waals surface area contributed by atoms with E-state index in [9.17, 15) is 9.59 Å². The zero-order valence-corrected chi connectivity index (χ0v) is 15.9. The molecule has 2 aromatic heterocycles. The molecular formula is C18H22N4O3S. The molecule has 0 aliphatic carbocycles. The Morgan fingerprint density at radius 2 is 1.81 bits per heavy atom. The minimum Gasteiger partial charge on any atom is -0.494 e. The van der Waals surface area contributed by atoms with Crippen molar-refractivity contribution in [3.05, 3.63) is 55.4 Å². The first-order chi connectivity index (χ1) is 12.4. The van der Waals surface area contributed by atoms with Gasteiger partial charge in [0.15, 0.2) is 10.3 Å². The number of imidazole rings is 1. The Bertz CT molecular complexity index is 1100. The number of aromatic nitrogens is 4. The average Bonchev–Trinajstić information content (AvgIpc) is 2.96. The molecule has 3 rings (SSSR count). The average molecular weight is 374 g/mol. The zero-order chi connectivity index (χ0) is 18.8. The van der Waals surface area contributed by atoms with Gasteiger partial charge in [-0.1, -0.05) is 25.5 Å². The van der Waals surface area contributed by atoms with Crippen LogP contribution in [-0.2, 0) is 20.6 Å². The van der Waals surface area contributed by atoms with Crippen LogP contribution in [-0.4, -0.2) is 25.3 Å². The van der Waals surface area contributed by atoms with Crippen LogP contribution >= 0.6 is 12.2 Å². The van der Waals surface area contributed by atoms with Crippen molar-refractivity contribution in [3.8, 4) is 5.75 Å². The van der Waals surface area contributed by atoms with Gasteiger partial charge in [-0.25, -0.2) is 4.79 Å². The molecule has 3 aromatic rings. The van der Waals surface area contributed by atoms with E-state index in [0.717, 1.165) is 28.7 Å². The molecule has 1 N–H and O–H groups in total. The van der Waals surface area contributed by atoms with E-state index in [-0.39, 0.29) is 11.2 Å². The predicted octanol–water partition coefficient (Wildman–Crippen LogP) is 2.32. The standard InChI is InChI=1S/C18H22N4O3S/c1-4-5-10-25-13-8-6-12(7-9-13)11-22-14-15(19-17(22)26)20(2)18(24)21(3)16(14)23/h6-9H,4-5,10-11H2,1-3H3,(H,19,26). The molecule has 0 unspecified atom stereocenters. The summed E-state index contributed by atoms with van der Waals surface area (Å²) in [5, 5.41) is 0. The van der Waals surface area contributed by atoms with Crippen molar-refractivity contribution in [2.24, 2.45) is 14.1 Å². The van der Waals surface area contributed by atoms with Gasteiger partial charge in [0.2, 0.25) is 0 Å². The van der Waals surface area contributed by atoms with Gasteiger partial charge in [0.1, 0.15) is 11.4 Å². The number of H-pyrrole nitrogens is 1. The first-order valence-electron chi connectivity index (χ1n) is 8.54. The monoisotopic (exact) mass is 374 g/mol. The number of nitrogens with one attached hydrogen (secondary N) is 1. The second kappa shape index (κ2) is 7.33. The first-order valence-corrected chi connectivity index (χ1v) is 8.95. The molecule has 26 heavy (non-hydrogen) atoms. The summed E-state index contributed by atoms with van der Waals surface area (Å²) in [5.41, 5.74) is 1.06. The number of aromatic amines is 1. The Morgan fingerprint density at radius 3 is 2.46 bits per heavy atom. The van der Waals surface area contributed by atoms with Crippen LogP contribution in [0.4, 0.5) is 0 Å². The lowest BCUT2D eigenvalue weighted by atomic mass is 10.2. The van der Waals surface area contributed by atoms with E-state index in [0.29, 0.717) is 29.1 Å². The Morgan fingerprint density at radius 1 is 1.12 bits per heavy atom. The van der Waals surface area contributed by atoms with E-state index in [4.69, 9.17) is 17.0 Å². The van der Waals surface area contributed by atoms with E-state index in [2.05, 4.69) is 11.9 Å². The number of aryl methyl sites for hydroxylation is 1. The molecule has 0 amide bonds. The maximum Gasteiger partial charge on any atom is 0.332 e. The van der Waals surface area contributed by atoms with Gasteiger partial charge in [0, 0.05) is 14.1 Å². The third-order valence-corrected chi connectivity index (χ3v) is 4.73. The fourth-order valence-corrected chi connectivity index (χ4v) is 3.09. The van der Waals surface area contributed by atoms with Crippen molar-refractivity contribution in [1.29, 1.82) is 0 Å². The molecule has 0 bridgehead atoms. The van der Waals surface area contributed by atoms with E-state index < -0.39 is 0 Å². The molecule has 0 saturated heterocycles. The summed E-state index contributed by atoms with van der Waals surface area (Å²) in [6, 6.07) is 7.73. The third kappa shape index (κ3) is 3.24. The number of hydrogen-bond acceptors (Lipinski definition) is 4. The van der Waals surface area contributed by atoms with E-state index in [1.165, 1.54) is 11.6 Å². The number of benzene rings is 1. The summed E-state index contributed by atoms with van der Waals surface area (Å²) in [5.74, 6) is 0.822. The highest BCUT2D eigenvalue weighted by atomic mass is 32.1. The molecule has 138 valence electrons. The summed E-state index contributed by atoms with van der Waals surface area (Å²) in [7, 11) is 3.08. The molecule has 1 aromatic carbocycles. The van der Waals surface area contributed by atoms with E-state index in [1.807, 2.05) is 24.3 Å². The summed E-state index contributed by atoms with van der Waals surface area (Å²) < 4.78 is 10.3. The number of ether oxygens (including phenoxy) is 1. The number of hydrogen-bond donors (Lipinski definition) is 1. The lowest BCUT2D eigenvalue weighted by Gasteiger charge is -2.09. The van der Waals surface area contributed by atoms with Crippen molar-refractivity contribution in [2.75, 3.05) is 6.61 Å². The maximum atomic E-state index is 12.6. The largest absolute Gasteiger partial charge is 0.494 e. The molecule has 2 heterocycles. The Hall–Kier alpha value is -2.61.